The maximum Gasteiger partial charge on any atom is 0.355 e. The standard InChI is InChI=1S/C19H16ClNO4/c1-11-8-9-14(12(2)10-11)21-16-15(20)18(23)25-19(16)24-17(22)13-6-4-3-5-7-13/h3-10,19,21H,1-2H3/t19-/m0/s1. The number of cyclic esters (lactones) is 1. The number of hydrogen-bond acceptors (Lipinski definition) is 5. The van der Waals surface area contributed by atoms with Crippen molar-refractivity contribution in [3.05, 3.63) is 76.0 Å². The predicted molar refractivity (Wildman–Crippen MR) is 94.2 cm³/mol. The van der Waals surface area contributed by atoms with Crippen molar-refractivity contribution in [2.75, 3.05) is 5.32 Å². The third-order valence-electron chi connectivity index (χ3n) is 3.74. The number of esters is 2. The largest absolute Gasteiger partial charge is 0.415 e. The summed E-state index contributed by atoms with van der Waals surface area (Å²) in [5.74, 6) is -1.34. The van der Waals surface area contributed by atoms with Crippen molar-refractivity contribution in [1.82, 2.24) is 0 Å². The fourth-order valence-corrected chi connectivity index (χ4v) is 2.64. The lowest BCUT2D eigenvalue weighted by Crippen LogP contribution is -2.24. The molecule has 0 unspecified atom stereocenters. The molecule has 25 heavy (non-hydrogen) atoms. The van der Waals surface area contributed by atoms with Crippen LogP contribution in [0.2, 0.25) is 0 Å². The summed E-state index contributed by atoms with van der Waals surface area (Å²) in [6, 6.07) is 14.2. The number of halogens is 1. The van der Waals surface area contributed by atoms with Crippen LogP contribution < -0.4 is 5.32 Å². The molecule has 2 aromatic carbocycles. The van der Waals surface area contributed by atoms with Gasteiger partial charge in [-0.15, -0.1) is 0 Å². The molecule has 128 valence electrons. The molecule has 1 aliphatic rings. The van der Waals surface area contributed by atoms with E-state index in [4.69, 9.17) is 21.1 Å². The molecule has 1 atom stereocenters. The van der Waals surface area contributed by atoms with E-state index in [-0.39, 0.29) is 10.7 Å². The Morgan fingerprint density at radius 3 is 2.56 bits per heavy atom. The van der Waals surface area contributed by atoms with Crippen molar-refractivity contribution in [3.8, 4) is 0 Å². The molecule has 0 aliphatic carbocycles. The lowest BCUT2D eigenvalue weighted by Gasteiger charge is -2.17. The second-order valence-corrected chi connectivity index (χ2v) is 6.06. The average Bonchev–Trinajstić information content (AvgIpc) is 2.85. The topological polar surface area (TPSA) is 64.6 Å². The Balaban J connectivity index is 1.82. The van der Waals surface area contributed by atoms with Crippen molar-refractivity contribution in [2.24, 2.45) is 0 Å². The maximum atomic E-state index is 12.2. The highest BCUT2D eigenvalue weighted by atomic mass is 35.5. The summed E-state index contributed by atoms with van der Waals surface area (Å²) in [7, 11) is 0. The number of carbonyl (C=O) groups excluding carboxylic acids is 2. The number of anilines is 1. The summed E-state index contributed by atoms with van der Waals surface area (Å²) in [6.07, 6.45) is -1.21. The zero-order valence-electron chi connectivity index (χ0n) is 13.7. The van der Waals surface area contributed by atoms with Crippen LogP contribution in [0.25, 0.3) is 0 Å². The summed E-state index contributed by atoms with van der Waals surface area (Å²) < 4.78 is 10.4. The first-order chi connectivity index (χ1) is 12.0. The number of carbonyl (C=O) groups is 2. The molecule has 3 rings (SSSR count). The number of nitrogens with one attached hydrogen (secondary N) is 1. The summed E-state index contributed by atoms with van der Waals surface area (Å²) >= 11 is 6.04. The Morgan fingerprint density at radius 1 is 1.16 bits per heavy atom. The van der Waals surface area contributed by atoms with Gasteiger partial charge in [0.1, 0.15) is 5.70 Å². The minimum absolute atomic E-state index is 0.133. The van der Waals surface area contributed by atoms with E-state index in [0.717, 1.165) is 16.8 Å². The van der Waals surface area contributed by atoms with E-state index in [2.05, 4.69) is 5.32 Å². The van der Waals surface area contributed by atoms with Crippen LogP contribution in [0.5, 0.6) is 0 Å². The third kappa shape index (κ3) is 3.67. The molecule has 0 saturated heterocycles. The average molecular weight is 358 g/mol. The molecule has 0 fully saturated rings. The Hall–Kier alpha value is -2.79. The van der Waals surface area contributed by atoms with Crippen molar-refractivity contribution >= 4 is 29.2 Å². The highest BCUT2D eigenvalue weighted by Gasteiger charge is 2.36. The van der Waals surface area contributed by atoms with Gasteiger partial charge in [0.15, 0.2) is 5.03 Å². The first kappa shape index (κ1) is 17.0. The zero-order valence-corrected chi connectivity index (χ0v) is 14.5. The van der Waals surface area contributed by atoms with Crippen LogP contribution >= 0.6 is 11.6 Å². The smallest absolute Gasteiger partial charge is 0.355 e. The van der Waals surface area contributed by atoms with E-state index in [1.54, 1.807) is 30.3 Å². The van der Waals surface area contributed by atoms with Gasteiger partial charge < -0.3 is 14.8 Å². The fraction of sp³-hybridized carbons (Fsp3) is 0.158. The highest BCUT2D eigenvalue weighted by Crippen LogP contribution is 2.30. The van der Waals surface area contributed by atoms with Gasteiger partial charge in [0.2, 0.25) is 0 Å². The molecular formula is C19H16ClNO4. The molecule has 0 saturated carbocycles. The highest BCUT2D eigenvalue weighted by molar-refractivity contribution is 6.42. The maximum absolute atomic E-state index is 12.2. The summed E-state index contributed by atoms with van der Waals surface area (Å²) in [5, 5.41) is 2.91. The number of rotatable bonds is 4. The number of ether oxygens (including phenoxy) is 2. The van der Waals surface area contributed by atoms with Crippen LogP contribution in [0.15, 0.2) is 59.3 Å². The minimum atomic E-state index is -1.21. The summed E-state index contributed by atoms with van der Waals surface area (Å²) in [4.78, 5) is 24.0. The summed E-state index contributed by atoms with van der Waals surface area (Å²) in [5.41, 5.74) is 3.38. The van der Waals surface area contributed by atoms with Gasteiger partial charge in [0.25, 0.3) is 6.29 Å². The lowest BCUT2D eigenvalue weighted by molar-refractivity contribution is -0.152. The Labute approximate surface area is 150 Å². The fourth-order valence-electron chi connectivity index (χ4n) is 2.46. The predicted octanol–water partition coefficient (Wildman–Crippen LogP) is 3.91. The Bertz CT molecular complexity index is 861. The van der Waals surface area contributed by atoms with E-state index in [1.165, 1.54) is 0 Å². The van der Waals surface area contributed by atoms with E-state index >= 15 is 0 Å². The van der Waals surface area contributed by atoms with Crippen molar-refractivity contribution in [3.63, 3.8) is 0 Å². The van der Waals surface area contributed by atoms with Crippen LogP contribution in [0.3, 0.4) is 0 Å². The number of hydrogen-bond donors (Lipinski definition) is 1. The van der Waals surface area contributed by atoms with Crippen LogP contribution in [-0.2, 0) is 14.3 Å². The monoisotopic (exact) mass is 357 g/mol. The number of benzene rings is 2. The quantitative estimate of drug-likeness (QED) is 0.840. The van der Waals surface area contributed by atoms with Gasteiger partial charge in [-0.2, -0.15) is 0 Å². The second kappa shape index (κ2) is 6.99. The van der Waals surface area contributed by atoms with E-state index in [9.17, 15) is 9.59 Å². The molecule has 0 radical (unpaired) electrons. The molecule has 1 N–H and O–H groups in total. The zero-order chi connectivity index (χ0) is 18.0. The molecule has 2 aromatic rings. The second-order valence-electron chi connectivity index (χ2n) is 5.68. The van der Waals surface area contributed by atoms with Crippen LogP contribution in [0, 0.1) is 13.8 Å². The Kier molecular flexibility index (Phi) is 4.76. The van der Waals surface area contributed by atoms with Crippen molar-refractivity contribution in [2.45, 2.75) is 20.1 Å². The van der Waals surface area contributed by atoms with Gasteiger partial charge in [0.05, 0.1) is 5.56 Å². The van der Waals surface area contributed by atoms with E-state index < -0.39 is 18.2 Å². The molecule has 1 heterocycles. The van der Waals surface area contributed by atoms with E-state index in [0.29, 0.717) is 5.56 Å². The summed E-state index contributed by atoms with van der Waals surface area (Å²) in [6.45, 7) is 3.90. The molecule has 0 aromatic heterocycles. The molecule has 0 spiro atoms. The van der Waals surface area contributed by atoms with Crippen molar-refractivity contribution in [1.29, 1.82) is 0 Å². The first-order valence-corrected chi connectivity index (χ1v) is 8.04. The normalized spacial score (nSPS) is 16.6. The molecule has 1 aliphatic heterocycles. The van der Waals surface area contributed by atoms with Crippen molar-refractivity contribution < 1.29 is 19.1 Å². The lowest BCUT2D eigenvalue weighted by atomic mass is 10.1. The minimum Gasteiger partial charge on any atom is -0.415 e. The van der Waals surface area contributed by atoms with Gasteiger partial charge >= 0.3 is 11.9 Å². The van der Waals surface area contributed by atoms with Gasteiger partial charge in [-0.25, -0.2) is 9.59 Å². The molecule has 6 heteroatoms. The molecule has 5 nitrogen and oxygen atoms in total. The SMILES string of the molecule is Cc1ccc(NC2=C(Cl)C(=O)O[C@@H]2OC(=O)c2ccccc2)c(C)c1. The number of aryl methyl sites for hydroxylation is 2. The molecular weight excluding hydrogens is 342 g/mol. The van der Waals surface area contributed by atoms with Crippen LogP contribution in [0.4, 0.5) is 5.69 Å². The van der Waals surface area contributed by atoms with Gasteiger partial charge in [-0.3, -0.25) is 0 Å². The molecule has 0 amide bonds. The van der Waals surface area contributed by atoms with Crippen LogP contribution in [-0.4, -0.2) is 18.2 Å². The third-order valence-corrected chi connectivity index (χ3v) is 4.10. The van der Waals surface area contributed by atoms with Gasteiger partial charge in [-0.1, -0.05) is 47.5 Å². The van der Waals surface area contributed by atoms with Gasteiger partial charge in [-0.05, 0) is 37.6 Å². The first-order valence-electron chi connectivity index (χ1n) is 7.66. The van der Waals surface area contributed by atoms with E-state index in [1.807, 2.05) is 32.0 Å². The van der Waals surface area contributed by atoms with Gasteiger partial charge in [0, 0.05) is 5.69 Å². The Morgan fingerprint density at radius 2 is 1.88 bits per heavy atom. The molecule has 0 bridgehead atoms. The van der Waals surface area contributed by atoms with Crippen LogP contribution in [0.1, 0.15) is 21.5 Å².